The molecular weight excluding hydrogens is 599 g/mol. The van der Waals surface area contributed by atoms with Crippen LogP contribution in [0.25, 0.3) is 56.1 Å². The van der Waals surface area contributed by atoms with Gasteiger partial charge in [-0.15, -0.1) is 0 Å². The van der Waals surface area contributed by atoms with Gasteiger partial charge in [-0.3, -0.25) is 4.90 Å². The van der Waals surface area contributed by atoms with Gasteiger partial charge in [-0.2, -0.15) is 9.97 Å². The second-order valence-electron chi connectivity index (χ2n) is 12.2. The summed E-state index contributed by atoms with van der Waals surface area (Å²) in [4.78, 5) is 17.6. The lowest BCUT2D eigenvalue weighted by Crippen LogP contribution is -2.20. The minimum atomic E-state index is 0.544. The Labute approximate surface area is 286 Å². The number of benzene rings is 5. The van der Waals surface area contributed by atoms with E-state index in [0.717, 1.165) is 39.3 Å². The maximum atomic E-state index is 5.19. The van der Waals surface area contributed by atoms with Crippen LogP contribution in [-0.2, 0) is 0 Å². The number of rotatable bonds is 6. The summed E-state index contributed by atoms with van der Waals surface area (Å²) in [7, 11) is 0. The number of anilines is 2. The molecule has 0 fully saturated rings. The van der Waals surface area contributed by atoms with Crippen LogP contribution < -0.4 is 4.90 Å². The van der Waals surface area contributed by atoms with Crippen LogP contribution in [0.1, 0.15) is 23.7 Å². The van der Waals surface area contributed by atoms with Crippen molar-refractivity contribution in [1.29, 1.82) is 0 Å². The Hall–Kier alpha value is -6.33. The summed E-state index contributed by atoms with van der Waals surface area (Å²) in [5.41, 5.74) is 13.2. The Morgan fingerprint density at radius 3 is 1.84 bits per heavy atom. The van der Waals surface area contributed by atoms with Crippen molar-refractivity contribution in [3.63, 3.8) is 0 Å². The van der Waals surface area contributed by atoms with Crippen LogP contribution in [0.4, 0.5) is 11.6 Å². The fourth-order valence-corrected chi connectivity index (χ4v) is 7.00. The van der Waals surface area contributed by atoms with Crippen LogP contribution in [0.15, 0.2) is 158 Å². The van der Waals surface area contributed by atoms with Crippen LogP contribution in [0.5, 0.6) is 0 Å². The number of fused-ring (bicyclic) bond motifs is 5. The minimum Gasteiger partial charge on any atom is -0.314 e. The molecule has 0 saturated heterocycles. The molecule has 2 aromatic heterocycles. The predicted molar refractivity (Wildman–Crippen MR) is 203 cm³/mol. The molecule has 0 unspecified atom stereocenters. The van der Waals surface area contributed by atoms with E-state index in [1.165, 1.54) is 33.3 Å². The molecular formula is C44H35N5. The van der Waals surface area contributed by atoms with Gasteiger partial charge >= 0.3 is 0 Å². The number of aromatic nitrogens is 4. The molecule has 1 aliphatic heterocycles. The van der Waals surface area contributed by atoms with Crippen molar-refractivity contribution in [1.82, 2.24) is 19.5 Å². The van der Waals surface area contributed by atoms with E-state index in [2.05, 4.69) is 110 Å². The molecule has 0 aliphatic carbocycles. The van der Waals surface area contributed by atoms with E-state index in [1.807, 2.05) is 72.8 Å². The van der Waals surface area contributed by atoms with Gasteiger partial charge in [0.1, 0.15) is 0 Å². The van der Waals surface area contributed by atoms with Crippen molar-refractivity contribution in [2.75, 3.05) is 4.90 Å². The predicted octanol–water partition coefficient (Wildman–Crippen LogP) is 11.1. The molecule has 8 rings (SSSR count). The Balaban J connectivity index is 1.47. The van der Waals surface area contributed by atoms with E-state index >= 15 is 0 Å². The van der Waals surface area contributed by atoms with E-state index < -0.39 is 0 Å². The zero-order valence-corrected chi connectivity index (χ0v) is 27.8. The quantitative estimate of drug-likeness (QED) is 0.171. The van der Waals surface area contributed by atoms with Crippen LogP contribution in [0, 0.1) is 13.8 Å². The normalized spacial score (nSPS) is 12.7. The third-order valence-electron chi connectivity index (χ3n) is 9.40. The lowest BCUT2D eigenvalue weighted by Gasteiger charge is -2.26. The first kappa shape index (κ1) is 30.0. The molecule has 0 bridgehead atoms. The molecule has 3 heterocycles. The Bertz CT molecular complexity index is 2360. The fourth-order valence-electron chi connectivity index (χ4n) is 7.00. The lowest BCUT2D eigenvalue weighted by molar-refractivity contribution is 1.01. The monoisotopic (exact) mass is 633 g/mol. The second-order valence-corrected chi connectivity index (χ2v) is 12.2. The molecule has 5 aromatic carbocycles. The fraction of sp³-hybridized carbons (Fsp3) is 0.0682. The summed E-state index contributed by atoms with van der Waals surface area (Å²) in [6.45, 7) is 10.7. The molecule has 0 N–H and O–H groups in total. The van der Waals surface area contributed by atoms with Crippen molar-refractivity contribution >= 4 is 28.1 Å². The molecule has 0 atom stereocenters. The Morgan fingerprint density at radius 2 is 1.20 bits per heavy atom. The molecule has 5 nitrogen and oxygen atoms in total. The zero-order chi connectivity index (χ0) is 33.5. The zero-order valence-electron chi connectivity index (χ0n) is 27.8. The topological polar surface area (TPSA) is 46.8 Å². The van der Waals surface area contributed by atoms with Gasteiger partial charge < -0.3 is 4.57 Å². The first-order valence-electron chi connectivity index (χ1n) is 16.5. The van der Waals surface area contributed by atoms with Gasteiger partial charge in [0.2, 0.25) is 5.95 Å². The highest BCUT2D eigenvalue weighted by molar-refractivity contribution is 6.07. The van der Waals surface area contributed by atoms with Gasteiger partial charge in [-0.1, -0.05) is 122 Å². The van der Waals surface area contributed by atoms with Gasteiger partial charge in [-0.25, -0.2) is 4.98 Å². The van der Waals surface area contributed by atoms with Crippen LogP contribution in [0.3, 0.4) is 0 Å². The molecule has 0 radical (unpaired) electrons. The number of hydrogen-bond acceptors (Lipinski definition) is 4. The molecule has 7 aromatic rings. The van der Waals surface area contributed by atoms with Gasteiger partial charge in [0.25, 0.3) is 0 Å². The lowest BCUT2D eigenvalue weighted by atomic mass is 9.90. The van der Waals surface area contributed by atoms with Crippen molar-refractivity contribution < 1.29 is 0 Å². The summed E-state index contributed by atoms with van der Waals surface area (Å²) in [6.07, 6.45) is 5.93. The smallest absolute Gasteiger partial charge is 0.238 e. The van der Waals surface area contributed by atoms with Crippen LogP contribution in [-0.4, -0.2) is 19.5 Å². The van der Waals surface area contributed by atoms with E-state index in [0.29, 0.717) is 17.6 Å². The third-order valence-corrected chi connectivity index (χ3v) is 9.40. The molecule has 49 heavy (non-hydrogen) atoms. The van der Waals surface area contributed by atoms with Gasteiger partial charge in [0, 0.05) is 33.5 Å². The average molecular weight is 634 g/mol. The summed E-state index contributed by atoms with van der Waals surface area (Å²) in [5.74, 6) is 1.77. The summed E-state index contributed by atoms with van der Waals surface area (Å²) < 4.78 is 2.37. The third kappa shape index (κ3) is 5.08. The first-order chi connectivity index (χ1) is 24.0. The Morgan fingerprint density at radius 1 is 0.612 bits per heavy atom. The van der Waals surface area contributed by atoms with Crippen molar-refractivity contribution in [3.8, 4) is 39.6 Å². The number of para-hydroxylation sites is 2. The largest absolute Gasteiger partial charge is 0.314 e. The van der Waals surface area contributed by atoms with Gasteiger partial charge in [0.05, 0.1) is 16.9 Å². The van der Waals surface area contributed by atoms with Crippen LogP contribution in [0.2, 0.25) is 0 Å². The van der Waals surface area contributed by atoms with Crippen molar-refractivity contribution in [2.24, 2.45) is 0 Å². The van der Waals surface area contributed by atoms with E-state index in [-0.39, 0.29) is 0 Å². The van der Waals surface area contributed by atoms with E-state index in [1.54, 1.807) is 0 Å². The summed E-state index contributed by atoms with van der Waals surface area (Å²) in [5, 5.41) is 1.24. The highest BCUT2D eigenvalue weighted by Gasteiger charge is 2.30. The first-order valence-corrected chi connectivity index (χ1v) is 16.5. The van der Waals surface area contributed by atoms with Gasteiger partial charge in [0.15, 0.2) is 11.6 Å². The average Bonchev–Trinajstić information content (AvgIpc) is 3.36. The number of hydrogen-bond donors (Lipinski definition) is 0. The highest BCUT2D eigenvalue weighted by Crippen LogP contribution is 2.49. The van der Waals surface area contributed by atoms with Crippen molar-refractivity contribution in [2.45, 2.75) is 20.8 Å². The Kier molecular flexibility index (Phi) is 7.58. The summed E-state index contributed by atoms with van der Waals surface area (Å²) in [6, 6.07) is 43.9. The molecule has 236 valence electrons. The standard InChI is InChI=1S/C44H35N5/c1-5-6-25-37-30(3)40-36(27-28-39-41(40)29(2)31(4)48(39)34-22-14-9-15-23-34)35-24-16-17-26-38(35)49(37)44-46-42(32-18-10-7-11-19-32)45-43(47-44)33-20-12-8-13-21-33/h5-28H,1H2,2-4H3/b25-6-. The number of nitrogens with zero attached hydrogens (tertiary/aromatic N) is 5. The van der Waals surface area contributed by atoms with Crippen molar-refractivity contribution in [3.05, 3.63) is 175 Å². The van der Waals surface area contributed by atoms with Crippen LogP contribution >= 0.6 is 0 Å². The molecule has 0 spiro atoms. The maximum absolute atomic E-state index is 5.19. The summed E-state index contributed by atoms with van der Waals surface area (Å²) >= 11 is 0. The maximum Gasteiger partial charge on any atom is 0.238 e. The van der Waals surface area contributed by atoms with E-state index in [9.17, 15) is 0 Å². The van der Waals surface area contributed by atoms with E-state index in [4.69, 9.17) is 15.0 Å². The molecule has 0 saturated carbocycles. The highest BCUT2D eigenvalue weighted by atomic mass is 15.3. The number of aryl methyl sites for hydroxylation is 1. The SMILES string of the molecule is C=C/C=C\C1=C(C)c2c(ccc3c2c(C)c(C)n3-c2ccccc2)-c2ccccc2N1c1nc(-c2ccccc2)nc(-c2ccccc2)n1. The molecule has 0 amide bonds. The number of allylic oxidation sites excluding steroid dienone is 4. The minimum absolute atomic E-state index is 0.544. The molecule has 5 heteroatoms. The second kappa shape index (κ2) is 12.4. The molecule has 1 aliphatic rings. The van der Waals surface area contributed by atoms with Gasteiger partial charge in [-0.05, 0) is 73.4 Å².